The summed E-state index contributed by atoms with van der Waals surface area (Å²) in [6.07, 6.45) is -3.47. The van der Waals surface area contributed by atoms with E-state index >= 15 is 0 Å². The summed E-state index contributed by atoms with van der Waals surface area (Å²) in [5, 5.41) is 2.60. The van der Waals surface area contributed by atoms with Crippen LogP contribution >= 0.6 is 0 Å². The van der Waals surface area contributed by atoms with E-state index in [4.69, 9.17) is 4.74 Å². The molecular formula is C18H23F6N3O4S. The van der Waals surface area contributed by atoms with Gasteiger partial charge in [-0.3, -0.25) is 4.79 Å². The predicted octanol–water partition coefficient (Wildman–Crippen LogP) is 2.60. The van der Waals surface area contributed by atoms with Gasteiger partial charge in [-0.1, -0.05) is 0 Å². The molecule has 0 unspecified atom stereocenters. The summed E-state index contributed by atoms with van der Waals surface area (Å²) in [6.45, 7) is 0.877. The van der Waals surface area contributed by atoms with Crippen LogP contribution in [-0.4, -0.2) is 64.6 Å². The molecule has 7 nitrogen and oxygen atoms in total. The van der Waals surface area contributed by atoms with Gasteiger partial charge in [0.1, 0.15) is 5.75 Å². The lowest BCUT2D eigenvalue weighted by Gasteiger charge is -2.32. The van der Waals surface area contributed by atoms with Gasteiger partial charge in [-0.25, -0.2) is 13.1 Å². The van der Waals surface area contributed by atoms with E-state index in [9.17, 15) is 39.6 Å². The number of piperidine rings is 1. The third-order valence-electron chi connectivity index (χ3n) is 5.02. The van der Waals surface area contributed by atoms with Crippen LogP contribution in [-0.2, 0) is 16.2 Å². The average molecular weight is 491 g/mol. The first-order chi connectivity index (χ1) is 14.7. The van der Waals surface area contributed by atoms with Crippen LogP contribution in [0.1, 0.15) is 28.8 Å². The molecule has 0 aliphatic carbocycles. The molecule has 1 fully saturated rings. The SMILES string of the molecule is COc1cc(C(=O)NCC2CCN(CCNS(=O)(=O)C(F)(F)F)CC2)cc(C(F)(F)F)c1. The molecule has 182 valence electrons. The van der Waals surface area contributed by atoms with Gasteiger partial charge in [0.05, 0.1) is 12.7 Å². The van der Waals surface area contributed by atoms with Crippen LogP contribution < -0.4 is 14.8 Å². The zero-order valence-corrected chi connectivity index (χ0v) is 17.8. The topological polar surface area (TPSA) is 87.7 Å². The Labute approximate surface area is 181 Å². The number of alkyl halides is 6. The quantitative estimate of drug-likeness (QED) is 0.546. The standard InChI is InChI=1S/C18H23F6N3O4S/c1-31-15-9-13(8-14(10-15)17(19,20)21)16(28)25-11-12-2-5-27(6-3-12)7-4-26-32(29,30)18(22,23)24/h8-10,12,26H,2-7,11H2,1H3,(H,25,28). The summed E-state index contributed by atoms with van der Waals surface area (Å²) in [7, 11) is -4.18. The molecule has 0 radical (unpaired) electrons. The van der Waals surface area contributed by atoms with Gasteiger partial charge in [-0.05, 0) is 50.0 Å². The minimum absolute atomic E-state index is 0.0229. The maximum atomic E-state index is 13.0. The van der Waals surface area contributed by atoms with E-state index < -0.39 is 33.2 Å². The second kappa shape index (κ2) is 10.3. The van der Waals surface area contributed by atoms with Gasteiger partial charge in [0.2, 0.25) is 0 Å². The number of nitrogens with zero attached hydrogens (tertiary/aromatic N) is 1. The van der Waals surface area contributed by atoms with Gasteiger partial charge in [-0.2, -0.15) is 26.3 Å². The molecule has 1 amide bonds. The fraction of sp³-hybridized carbons (Fsp3) is 0.611. The summed E-state index contributed by atoms with van der Waals surface area (Å²) in [5.74, 6) is -0.757. The Morgan fingerprint density at radius 3 is 2.28 bits per heavy atom. The van der Waals surface area contributed by atoms with Crippen molar-refractivity contribution in [1.29, 1.82) is 0 Å². The highest BCUT2D eigenvalue weighted by Crippen LogP contribution is 2.32. The van der Waals surface area contributed by atoms with Crippen LogP contribution in [0.5, 0.6) is 5.75 Å². The minimum Gasteiger partial charge on any atom is -0.497 e. The average Bonchev–Trinajstić information content (AvgIpc) is 2.71. The van der Waals surface area contributed by atoms with E-state index in [1.165, 1.54) is 17.9 Å². The smallest absolute Gasteiger partial charge is 0.497 e. The Balaban J connectivity index is 1.81. The number of hydrogen-bond acceptors (Lipinski definition) is 5. The molecule has 2 rings (SSSR count). The lowest BCUT2D eigenvalue weighted by molar-refractivity contribution is -0.137. The Kier molecular flexibility index (Phi) is 8.39. The highest BCUT2D eigenvalue weighted by Gasteiger charge is 2.45. The number of carbonyl (C=O) groups excluding carboxylic acids is 1. The van der Waals surface area contributed by atoms with E-state index in [0.717, 1.165) is 12.1 Å². The summed E-state index contributed by atoms with van der Waals surface area (Å²) in [4.78, 5) is 14.1. The Morgan fingerprint density at radius 1 is 1.12 bits per heavy atom. The first-order valence-corrected chi connectivity index (χ1v) is 11.0. The number of halogens is 6. The van der Waals surface area contributed by atoms with E-state index in [0.29, 0.717) is 25.9 Å². The van der Waals surface area contributed by atoms with Crippen LogP contribution in [0.3, 0.4) is 0 Å². The van der Waals surface area contributed by atoms with Crippen LogP contribution in [0.15, 0.2) is 18.2 Å². The van der Waals surface area contributed by atoms with Crippen molar-refractivity contribution in [2.75, 3.05) is 39.8 Å². The first kappa shape index (κ1) is 26.2. The zero-order chi connectivity index (χ0) is 24.2. The number of methoxy groups -OCH3 is 1. The van der Waals surface area contributed by atoms with Crippen molar-refractivity contribution in [3.8, 4) is 5.75 Å². The number of carbonyl (C=O) groups is 1. The van der Waals surface area contributed by atoms with E-state index in [1.54, 1.807) is 4.90 Å². The van der Waals surface area contributed by atoms with Gasteiger partial charge in [-0.15, -0.1) is 0 Å². The van der Waals surface area contributed by atoms with Crippen molar-refractivity contribution in [3.05, 3.63) is 29.3 Å². The van der Waals surface area contributed by atoms with Crippen LogP contribution in [0.25, 0.3) is 0 Å². The first-order valence-electron chi connectivity index (χ1n) is 9.55. The molecular weight excluding hydrogens is 468 g/mol. The number of nitrogens with one attached hydrogen (secondary N) is 2. The number of ether oxygens (including phenoxy) is 1. The maximum absolute atomic E-state index is 13.0. The normalized spacial score (nSPS) is 16.7. The molecule has 1 heterocycles. The Bertz CT molecular complexity index is 897. The van der Waals surface area contributed by atoms with Crippen molar-refractivity contribution in [2.24, 2.45) is 5.92 Å². The fourth-order valence-corrected chi connectivity index (χ4v) is 3.71. The van der Waals surface area contributed by atoms with Crippen molar-refractivity contribution in [3.63, 3.8) is 0 Å². The summed E-state index contributed by atoms with van der Waals surface area (Å²) < 4.78 is 104. The Hall–Kier alpha value is -2.06. The molecule has 0 atom stereocenters. The molecule has 14 heteroatoms. The van der Waals surface area contributed by atoms with Crippen LogP contribution in [0.4, 0.5) is 26.3 Å². The molecule has 1 aromatic rings. The molecule has 0 aromatic heterocycles. The van der Waals surface area contributed by atoms with Gasteiger partial charge in [0.25, 0.3) is 5.91 Å². The fourth-order valence-electron chi connectivity index (χ4n) is 3.18. The number of rotatable bonds is 8. The van der Waals surface area contributed by atoms with Gasteiger partial charge >= 0.3 is 21.7 Å². The minimum atomic E-state index is -5.37. The molecule has 32 heavy (non-hydrogen) atoms. The highest BCUT2D eigenvalue weighted by atomic mass is 32.2. The molecule has 1 aliphatic rings. The second-order valence-corrected chi connectivity index (χ2v) is 9.04. The summed E-state index contributed by atoms with van der Waals surface area (Å²) >= 11 is 0. The number of hydrogen-bond donors (Lipinski definition) is 2. The molecule has 1 aliphatic heterocycles. The summed E-state index contributed by atoms with van der Waals surface area (Å²) in [5.41, 5.74) is -6.55. The van der Waals surface area contributed by atoms with E-state index in [2.05, 4.69) is 5.32 Å². The molecule has 0 bridgehead atoms. The van der Waals surface area contributed by atoms with E-state index in [1.807, 2.05) is 0 Å². The van der Waals surface area contributed by atoms with Crippen molar-refractivity contribution in [2.45, 2.75) is 24.5 Å². The molecule has 1 aromatic carbocycles. The molecule has 1 saturated heterocycles. The Morgan fingerprint density at radius 2 is 1.75 bits per heavy atom. The van der Waals surface area contributed by atoms with Crippen molar-refractivity contribution in [1.82, 2.24) is 14.9 Å². The van der Waals surface area contributed by atoms with Crippen LogP contribution in [0, 0.1) is 5.92 Å². The highest BCUT2D eigenvalue weighted by molar-refractivity contribution is 7.90. The molecule has 2 N–H and O–H groups in total. The number of sulfonamides is 1. The largest absolute Gasteiger partial charge is 0.511 e. The van der Waals surface area contributed by atoms with Gasteiger partial charge < -0.3 is 15.0 Å². The second-order valence-electron chi connectivity index (χ2n) is 7.29. The molecule has 0 saturated carbocycles. The zero-order valence-electron chi connectivity index (χ0n) is 17.0. The number of likely N-dealkylation sites (tertiary alicyclic amines) is 1. The van der Waals surface area contributed by atoms with Gasteiger partial charge in [0, 0.05) is 25.2 Å². The van der Waals surface area contributed by atoms with Crippen molar-refractivity contribution >= 4 is 15.9 Å². The third-order valence-corrected chi connectivity index (χ3v) is 6.21. The monoisotopic (exact) mass is 491 g/mol. The number of amides is 1. The summed E-state index contributed by atoms with van der Waals surface area (Å²) in [6, 6.07) is 2.74. The lowest BCUT2D eigenvalue weighted by atomic mass is 9.96. The third kappa shape index (κ3) is 7.24. The lowest BCUT2D eigenvalue weighted by Crippen LogP contribution is -2.44. The molecule has 0 spiro atoms. The maximum Gasteiger partial charge on any atom is 0.511 e. The van der Waals surface area contributed by atoms with Crippen molar-refractivity contribution < 1.29 is 44.3 Å². The van der Waals surface area contributed by atoms with E-state index in [-0.39, 0.29) is 36.9 Å². The van der Waals surface area contributed by atoms with Crippen LogP contribution in [0.2, 0.25) is 0 Å². The van der Waals surface area contributed by atoms with Gasteiger partial charge in [0.15, 0.2) is 0 Å². The number of benzene rings is 1. The predicted molar refractivity (Wildman–Crippen MR) is 102 cm³/mol.